The first-order valence-electron chi connectivity index (χ1n) is 4.14. The highest BCUT2D eigenvalue weighted by Gasteiger charge is 2.10. The lowest BCUT2D eigenvalue weighted by molar-refractivity contribution is 0.477. The Morgan fingerprint density at radius 3 is 2.47 bits per heavy atom. The number of halogens is 2. The van der Waals surface area contributed by atoms with E-state index in [0.717, 1.165) is 4.47 Å². The summed E-state index contributed by atoms with van der Waals surface area (Å²) in [5.74, 6) is 0.478. The van der Waals surface area contributed by atoms with E-state index in [2.05, 4.69) is 25.9 Å². The first kappa shape index (κ1) is 10.4. The summed E-state index contributed by atoms with van der Waals surface area (Å²) in [6.07, 6.45) is 3.20. The van der Waals surface area contributed by atoms with Crippen molar-refractivity contribution in [2.45, 2.75) is 0 Å². The molecule has 0 amide bonds. The maximum absolute atomic E-state index is 9.64. The average molecular weight is 286 g/mol. The number of phenolic OH excluding ortho intramolecular Hbond substituents is 1. The molecule has 0 aliphatic carbocycles. The molecule has 2 aromatic rings. The molecule has 0 atom stereocenters. The van der Waals surface area contributed by atoms with Crippen molar-refractivity contribution in [2.24, 2.45) is 0 Å². The molecule has 1 N–H and O–H groups in total. The van der Waals surface area contributed by atoms with Crippen molar-refractivity contribution in [3.05, 3.63) is 40.1 Å². The van der Waals surface area contributed by atoms with Gasteiger partial charge in [0.2, 0.25) is 0 Å². The van der Waals surface area contributed by atoms with Crippen molar-refractivity contribution >= 4 is 27.5 Å². The van der Waals surface area contributed by atoms with Crippen LogP contribution >= 0.6 is 27.5 Å². The van der Waals surface area contributed by atoms with Crippen LogP contribution in [0, 0.1) is 0 Å². The van der Waals surface area contributed by atoms with Gasteiger partial charge in [-0.1, -0.05) is 17.7 Å². The fraction of sp³-hybridized carbons (Fsp3) is 0. The zero-order valence-electron chi connectivity index (χ0n) is 7.48. The second-order valence-electron chi connectivity index (χ2n) is 2.86. The van der Waals surface area contributed by atoms with Crippen LogP contribution in [-0.2, 0) is 0 Å². The van der Waals surface area contributed by atoms with Gasteiger partial charge in [-0.2, -0.15) is 0 Å². The van der Waals surface area contributed by atoms with Gasteiger partial charge in [0.05, 0.1) is 15.1 Å². The van der Waals surface area contributed by atoms with Crippen LogP contribution in [0.15, 0.2) is 35.1 Å². The largest absolute Gasteiger partial charge is 0.507 e. The van der Waals surface area contributed by atoms with E-state index in [9.17, 15) is 5.11 Å². The van der Waals surface area contributed by atoms with Crippen LogP contribution in [0.25, 0.3) is 11.4 Å². The number of phenols is 1. The summed E-state index contributed by atoms with van der Waals surface area (Å²) in [5, 5.41) is 10.1. The molecule has 0 aliphatic heterocycles. The third kappa shape index (κ3) is 2.11. The van der Waals surface area contributed by atoms with Crippen molar-refractivity contribution in [2.75, 3.05) is 0 Å². The summed E-state index contributed by atoms with van der Waals surface area (Å²) in [6.45, 7) is 0. The Labute approximate surface area is 99.9 Å². The Bertz CT molecular complexity index is 467. The molecule has 0 aliphatic rings. The third-order valence-electron chi connectivity index (χ3n) is 1.84. The van der Waals surface area contributed by atoms with Crippen LogP contribution in [0.2, 0.25) is 5.02 Å². The van der Waals surface area contributed by atoms with Crippen molar-refractivity contribution in [3.63, 3.8) is 0 Å². The van der Waals surface area contributed by atoms with E-state index in [-0.39, 0.29) is 5.75 Å². The highest BCUT2D eigenvalue weighted by molar-refractivity contribution is 9.10. The Kier molecular flexibility index (Phi) is 2.88. The van der Waals surface area contributed by atoms with E-state index < -0.39 is 0 Å². The van der Waals surface area contributed by atoms with Gasteiger partial charge in [0.15, 0.2) is 5.82 Å². The summed E-state index contributed by atoms with van der Waals surface area (Å²) >= 11 is 9.19. The molecule has 5 heteroatoms. The lowest BCUT2D eigenvalue weighted by Crippen LogP contribution is -1.89. The molecule has 3 nitrogen and oxygen atoms in total. The molecule has 0 radical (unpaired) electrons. The minimum absolute atomic E-state index is 0.0739. The molecule has 0 spiro atoms. The molecule has 0 saturated carbocycles. The van der Waals surface area contributed by atoms with E-state index in [1.165, 1.54) is 0 Å². The highest BCUT2D eigenvalue weighted by Crippen LogP contribution is 2.33. The molecule has 76 valence electrons. The molecule has 2 rings (SSSR count). The van der Waals surface area contributed by atoms with Gasteiger partial charge in [-0.3, -0.25) is 0 Å². The molecule has 0 fully saturated rings. The molecule has 15 heavy (non-hydrogen) atoms. The Morgan fingerprint density at radius 2 is 1.87 bits per heavy atom. The van der Waals surface area contributed by atoms with Crippen molar-refractivity contribution in [3.8, 4) is 17.1 Å². The van der Waals surface area contributed by atoms with Gasteiger partial charge in [0.1, 0.15) is 5.75 Å². The van der Waals surface area contributed by atoms with E-state index in [1.54, 1.807) is 30.6 Å². The molecule has 1 aromatic carbocycles. The van der Waals surface area contributed by atoms with Crippen molar-refractivity contribution < 1.29 is 5.11 Å². The summed E-state index contributed by atoms with van der Waals surface area (Å²) in [7, 11) is 0. The fourth-order valence-electron chi connectivity index (χ4n) is 1.18. The van der Waals surface area contributed by atoms with Crippen molar-refractivity contribution in [1.82, 2.24) is 9.97 Å². The van der Waals surface area contributed by atoms with Crippen LogP contribution in [0.5, 0.6) is 5.75 Å². The minimum atomic E-state index is 0.0739. The second-order valence-corrected chi connectivity index (χ2v) is 4.18. The molecular formula is C10H6BrClN2O. The zero-order chi connectivity index (χ0) is 10.8. The first-order valence-corrected chi connectivity index (χ1v) is 5.31. The van der Waals surface area contributed by atoms with Gasteiger partial charge in [0, 0.05) is 12.4 Å². The number of rotatable bonds is 1. The highest BCUT2D eigenvalue weighted by atomic mass is 79.9. The lowest BCUT2D eigenvalue weighted by atomic mass is 10.2. The normalized spacial score (nSPS) is 10.3. The third-order valence-corrected chi connectivity index (χ3v) is 2.56. The number of hydrogen-bond acceptors (Lipinski definition) is 3. The topological polar surface area (TPSA) is 46.0 Å². The smallest absolute Gasteiger partial charge is 0.164 e. The maximum atomic E-state index is 9.64. The minimum Gasteiger partial charge on any atom is -0.507 e. The van der Waals surface area contributed by atoms with Crippen LogP contribution in [-0.4, -0.2) is 15.1 Å². The lowest BCUT2D eigenvalue weighted by Gasteiger charge is -2.04. The van der Waals surface area contributed by atoms with Gasteiger partial charge < -0.3 is 5.11 Å². The van der Waals surface area contributed by atoms with E-state index in [0.29, 0.717) is 16.4 Å². The Hall–Kier alpha value is -1.13. The zero-order valence-corrected chi connectivity index (χ0v) is 9.83. The molecular weight excluding hydrogens is 279 g/mol. The summed E-state index contributed by atoms with van der Waals surface area (Å²) in [5.41, 5.74) is 0.451. The predicted octanol–water partition coefficient (Wildman–Crippen LogP) is 3.27. The summed E-state index contributed by atoms with van der Waals surface area (Å²) < 4.78 is 0.776. The van der Waals surface area contributed by atoms with Crippen LogP contribution in [0.4, 0.5) is 0 Å². The van der Waals surface area contributed by atoms with Crippen molar-refractivity contribution in [1.29, 1.82) is 0 Å². The van der Waals surface area contributed by atoms with Crippen LogP contribution in [0.3, 0.4) is 0 Å². The quantitative estimate of drug-likeness (QED) is 0.875. The van der Waals surface area contributed by atoms with Gasteiger partial charge in [-0.25, -0.2) is 9.97 Å². The van der Waals surface area contributed by atoms with Crippen LogP contribution < -0.4 is 0 Å². The van der Waals surface area contributed by atoms with Gasteiger partial charge in [-0.05, 0) is 28.1 Å². The summed E-state index contributed by atoms with van der Waals surface area (Å²) in [6, 6.07) is 4.90. The fourth-order valence-corrected chi connectivity index (χ4v) is 1.63. The van der Waals surface area contributed by atoms with Gasteiger partial charge in [-0.15, -0.1) is 0 Å². The number of hydrogen-bond donors (Lipinski definition) is 1. The predicted molar refractivity (Wildman–Crippen MR) is 61.8 cm³/mol. The number of nitrogens with zero attached hydrogens (tertiary/aromatic N) is 2. The van der Waals surface area contributed by atoms with Gasteiger partial charge in [0.25, 0.3) is 0 Å². The second kappa shape index (κ2) is 4.16. The van der Waals surface area contributed by atoms with E-state index >= 15 is 0 Å². The maximum Gasteiger partial charge on any atom is 0.164 e. The Morgan fingerprint density at radius 1 is 1.20 bits per heavy atom. The van der Waals surface area contributed by atoms with Crippen LogP contribution in [0.1, 0.15) is 0 Å². The molecule has 1 aromatic heterocycles. The number of aromatic hydroxyl groups is 1. The first-order chi connectivity index (χ1) is 7.18. The standard InChI is InChI=1S/C10H6BrClN2O/c11-6-4-13-10(14-5-6)9-7(12)2-1-3-8(9)15/h1-5,15H. The molecule has 0 unspecified atom stereocenters. The number of aromatic nitrogens is 2. The monoisotopic (exact) mass is 284 g/mol. The summed E-state index contributed by atoms with van der Waals surface area (Å²) in [4.78, 5) is 8.14. The number of benzene rings is 1. The van der Waals surface area contributed by atoms with Gasteiger partial charge >= 0.3 is 0 Å². The SMILES string of the molecule is Oc1cccc(Cl)c1-c1ncc(Br)cn1. The van der Waals surface area contributed by atoms with E-state index in [1.807, 2.05) is 0 Å². The average Bonchev–Trinajstić information content (AvgIpc) is 2.20. The molecule has 0 saturated heterocycles. The van der Waals surface area contributed by atoms with E-state index in [4.69, 9.17) is 11.6 Å². The molecule has 1 heterocycles. The Balaban J connectivity index is 2.58. The molecule has 0 bridgehead atoms.